The van der Waals surface area contributed by atoms with Gasteiger partial charge in [-0.3, -0.25) is 0 Å². The van der Waals surface area contributed by atoms with Gasteiger partial charge in [-0.2, -0.15) is 0 Å². The minimum atomic E-state index is -0.312. The number of carbonyl (C=O) groups is 1. The summed E-state index contributed by atoms with van der Waals surface area (Å²) in [4.78, 5) is 10.3. The second kappa shape index (κ2) is 3.88. The maximum absolute atomic E-state index is 10.3. The third-order valence-corrected chi connectivity index (χ3v) is 0.998. The third-order valence-electron chi connectivity index (χ3n) is 0.998. The highest BCUT2D eigenvalue weighted by molar-refractivity contribution is 5.87. The third kappa shape index (κ3) is 2.05. The molecule has 1 aliphatic rings. The van der Waals surface area contributed by atoms with Crippen LogP contribution in [-0.2, 0) is 9.53 Å². The maximum atomic E-state index is 10.3. The Balaban J connectivity index is 0.000000371. The summed E-state index contributed by atoms with van der Waals surface area (Å²) in [5, 5.41) is 0. The molecule has 0 fully saturated rings. The van der Waals surface area contributed by atoms with E-state index in [9.17, 15) is 4.79 Å². The highest BCUT2D eigenvalue weighted by atomic mass is 16.5. The van der Waals surface area contributed by atoms with Crippen molar-refractivity contribution in [3.63, 3.8) is 0 Å². The van der Waals surface area contributed by atoms with Gasteiger partial charge in [0.05, 0.1) is 0 Å². The topological polar surface area (TPSA) is 26.3 Å². The van der Waals surface area contributed by atoms with Crippen molar-refractivity contribution in [2.45, 2.75) is 20.8 Å². The van der Waals surface area contributed by atoms with E-state index in [0.29, 0.717) is 5.76 Å². The van der Waals surface area contributed by atoms with Crippen LogP contribution in [0, 0.1) is 0 Å². The lowest BCUT2D eigenvalue weighted by molar-refractivity contribution is -0.132. The average Bonchev–Trinajstić information content (AvgIpc) is 2.16. The van der Waals surface area contributed by atoms with Gasteiger partial charge in [0.1, 0.15) is 5.76 Å². The van der Waals surface area contributed by atoms with Crippen molar-refractivity contribution >= 4 is 5.97 Å². The molecule has 0 aromatic rings. The first-order valence-corrected chi connectivity index (χ1v) is 3.29. The lowest BCUT2D eigenvalue weighted by Gasteiger charge is -1.91. The van der Waals surface area contributed by atoms with Crippen LogP contribution in [0.15, 0.2) is 24.0 Å². The van der Waals surface area contributed by atoms with E-state index >= 15 is 0 Å². The fourth-order valence-corrected chi connectivity index (χ4v) is 0.489. The Morgan fingerprint density at radius 3 is 2.10 bits per heavy atom. The first-order chi connectivity index (χ1) is 4.70. The molecule has 0 atom stereocenters. The van der Waals surface area contributed by atoms with E-state index in [1.807, 2.05) is 13.8 Å². The van der Waals surface area contributed by atoms with Gasteiger partial charge in [0, 0.05) is 6.08 Å². The molecule has 0 aromatic heterocycles. The van der Waals surface area contributed by atoms with Crippen molar-refractivity contribution in [3.05, 3.63) is 24.0 Å². The van der Waals surface area contributed by atoms with Gasteiger partial charge in [-0.05, 0) is 12.5 Å². The summed E-state index contributed by atoms with van der Waals surface area (Å²) in [6.07, 6.45) is 1.42. The van der Waals surface area contributed by atoms with Crippen molar-refractivity contribution in [1.29, 1.82) is 0 Å². The summed E-state index contributed by atoms with van der Waals surface area (Å²) in [5.41, 5.74) is 0.815. The Bertz CT molecular complexity index is 178. The Kier molecular flexibility index (Phi) is 3.47. The SMILES string of the molecule is C=C1OC(=O)C=C1C.CC. The van der Waals surface area contributed by atoms with Gasteiger partial charge in [0.2, 0.25) is 0 Å². The number of cyclic esters (lactones) is 1. The van der Waals surface area contributed by atoms with E-state index in [1.54, 1.807) is 6.92 Å². The summed E-state index contributed by atoms with van der Waals surface area (Å²) < 4.78 is 4.55. The predicted molar refractivity (Wildman–Crippen MR) is 40.3 cm³/mol. The fourth-order valence-electron chi connectivity index (χ4n) is 0.489. The van der Waals surface area contributed by atoms with Crippen LogP contribution in [-0.4, -0.2) is 5.97 Å². The molecule has 0 aliphatic carbocycles. The molecular weight excluding hydrogens is 128 g/mol. The highest BCUT2D eigenvalue weighted by Crippen LogP contribution is 2.15. The average molecular weight is 140 g/mol. The van der Waals surface area contributed by atoms with Crippen LogP contribution in [0.2, 0.25) is 0 Å². The van der Waals surface area contributed by atoms with E-state index in [0.717, 1.165) is 5.57 Å². The van der Waals surface area contributed by atoms with Crippen LogP contribution in [0.1, 0.15) is 20.8 Å². The summed E-state index contributed by atoms with van der Waals surface area (Å²) >= 11 is 0. The molecule has 0 amide bonds. The summed E-state index contributed by atoms with van der Waals surface area (Å²) in [6.45, 7) is 9.26. The van der Waals surface area contributed by atoms with Crippen molar-refractivity contribution < 1.29 is 9.53 Å². The molecule has 0 aromatic carbocycles. The predicted octanol–water partition coefficient (Wildman–Crippen LogP) is 2.03. The van der Waals surface area contributed by atoms with E-state index in [1.165, 1.54) is 6.08 Å². The maximum Gasteiger partial charge on any atom is 0.336 e. The zero-order valence-corrected chi connectivity index (χ0v) is 6.60. The van der Waals surface area contributed by atoms with Crippen LogP contribution in [0.25, 0.3) is 0 Å². The summed E-state index contributed by atoms with van der Waals surface area (Å²) in [6, 6.07) is 0. The molecule has 2 nitrogen and oxygen atoms in total. The van der Waals surface area contributed by atoms with E-state index in [2.05, 4.69) is 11.3 Å². The zero-order chi connectivity index (χ0) is 8.15. The fraction of sp³-hybridized carbons (Fsp3) is 0.375. The summed E-state index contributed by atoms with van der Waals surface area (Å²) in [5.74, 6) is 0.155. The molecule has 0 saturated heterocycles. The van der Waals surface area contributed by atoms with Crippen LogP contribution in [0.5, 0.6) is 0 Å². The van der Waals surface area contributed by atoms with Crippen LogP contribution in [0.4, 0.5) is 0 Å². The Morgan fingerprint density at radius 2 is 2.00 bits per heavy atom. The number of allylic oxidation sites excluding steroid dienone is 1. The van der Waals surface area contributed by atoms with Gasteiger partial charge in [-0.15, -0.1) is 0 Å². The molecule has 1 heterocycles. The molecule has 0 radical (unpaired) electrons. The van der Waals surface area contributed by atoms with Gasteiger partial charge in [0.15, 0.2) is 0 Å². The first-order valence-electron chi connectivity index (χ1n) is 3.29. The largest absolute Gasteiger partial charge is 0.424 e. The van der Waals surface area contributed by atoms with Gasteiger partial charge in [-0.1, -0.05) is 20.4 Å². The van der Waals surface area contributed by atoms with E-state index < -0.39 is 0 Å². The molecule has 10 heavy (non-hydrogen) atoms. The quantitative estimate of drug-likeness (QED) is 0.481. The lowest BCUT2D eigenvalue weighted by atomic mass is 10.3. The number of rotatable bonds is 0. The lowest BCUT2D eigenvalue weighted by Crippen LogP contribution is -1.88. The van der Waals surface area contributed by atoms with Crippen LogP contribution in [0.3, 0.4) is 0 Å². The Hall–Kier alpha value is -1.05. The van der Waals surface area contributed by atoms with Crippen molar-refractivity contribution in [2.24, 2.45) is 0 Å². The molecular formula is C8H12O2. The monoisotopic (exact) mass is 140 g/mol. The zero-order valence-electron chi connectivity index (χ0n) is 6.60. The molecule has 0 spiro atoms. The number of carbonyl (C=O) groups excluding carboxylic acids is 1. The molecule has 0 N–H and O–H groups in total. The number of hydrogen-bond donors (Lipinski definition) is 0. The van der Waals surface area contributed by atoms with Crippen LogP contribution >= 0.6 is 0 Å². The molecule has 0 unspecified atom stereocenters. The first kappa shape index (κ1) is 8.95. The summed E-state index contributed by atoms with van der Waals surface area (Å²) in [7, 11) is 0. The van der Waals surface area contributed by atoms with Gasteiger partial charge in [-0.25, -0.2) is 4.79 Å². The molecule has 0 saturated carbocycles. The molecule has 1 rings (SSSR count). The Morgan fingerprint density at radius 1 is 1.50 bits per heavy atom. The number of hydrogen-bond acceptors (Lipinski definition) is 2. The molecule has 2 heteroatoms. The van der Waals surface area contributed by atoms with Crippen molar-refractivity contribution in [2.75, 3.05) is 0 Å². The van der Waals surface area contributed by atoms with Crippen molar-refractivity contribution in [1.82, 2.24) is 0 Å². The number of esters is 1. The molecule has 56 valence electrons. The molecule has 0 bridgehead atoms. The second-order valence-electron chi connectivity index (χ2n) is 1.67. The van der Waals surface area contributed by atoms with E-state index in [4.69, 9.17) is 0 Å². The standard InChI is InChI=1S/C6H6O2.C2H6/c1-4-3-6(7)8-5(4)2;1-2/h3H,2H2,1H3;1-2H3. The smallest absolute Gasteiger partial charge is 0.336 e. The number of ether oxygens (including phenoxy) is 1. The molecule has 1 aliphatic heterocycles. The normalized spacial score (nSPS) is 15.3. The Labute approximate surface area is 61.2 Å². The minimum Gasteiger partial charge on any atom is -0.424 e. The minimum absolute atomic E-state index is 0.312. The highest BCUT2D eigenvalue weighted by Gasteiger charge is 2.12. The van der Waals surface area contributed by atoms with Gasteiger partial charge < -0.3 is 4.74 Å². The second-order valence-corrected chi connectivity index (χ2v) is 1.67. The van der Waals surface area contributed by atoms with E-state index in [-0.39, 0.29) is 5.97 Å². The van der Waals surface area contributed by atoms with Gasteiger partial charge >= 0.3 is 5.97 Å². The van der Waals surface area contributed by atoms with Crippen LogP contribution < -0.4 is 0 Å². The van der Waals surface area contributed by atoms with Gasteiger partial charge in [0.25, 0.3) is 0 Å². The van der Waals surface area contributed by atoms with Crippen molar-refractivity contribution in [3.8, 4) is 0 Å².